The first kappa shape index (κ1) is 21.8. The highest BCUT2D eigenvalue weighted by Crippen LogP contribution is 2.31. The van der Waals surface area contributed by atoms with Gasteiger partial charge in [-0.1, -0.05) is 24.3 Å². The lowest BCUT2D eigenvalue weighted by Gasteiger charge is -2.27. The first-order chi connectivity index (χ1) is 16.5. The van der Waals surface area contributed by atoms with E-state index in [1.54, 1.807) is 53.7 Å². The molecule has 0 saturated carbocycles. The molecule has 172 valence electrons. The molecule has 1 amide bonds. The molecule has 2 aliphatic rings. The number of benzene rings is 2. The number of carbonyl (C=O) groups excluding carboxylic acids is 2. The number of halogens is 1. The molecular formula is C26H23FN4O3. The minimum absolute atomic E-state index is 0.00776. The third-order valence-corrected chi connectivity index (χ3v) is 6.17. The van der Waals surface area contributed by atoms with Gasteiger partial charge in [-0.05, 0) is 49.2 Å². The number of cyclic esters (lactones) is 1. The zero-order valence-electron chi connectivity index (χ0n) is 18.6. The van der Waals surface area contributed by atoms with Crippen LogP contribution in [0.4, 0.5) is 10.3 Å². The van der Waals surface area contributed by atoms with E-state index in [4.69, 9.17) is 4.74 Å². The van der Waals surface area contributed by atoms with Gasteiger partial charge in [0.05, 0.1) is 17.2 Å². The van der Waals surface area contributed by atoms with E-state index in [1.165, 1.54) is 12.1 Å². The van der Waals surface area contributed by atoms with Gasteiger partial charge in [-0.3, -0.25) is 4.79 Å². The van der Waals surface area contributed by atoms with Crippen molar-refractivity contribution in [3.05, 3.63) is 89.0 Å². The van der Waals surface area contributed by atoms with E-state index in [0.29, 0.717) is 48.0 Å². The number of fused-ring (bicyclic) bond motifs is 1. The van der Waals surface area contributed by atoms with Crippen molar-refractivity contribution in [1.29, 1.82) is 0 Å². The van der Waals surface area contributed by atoms with Gasteiger partial charge in [-0.15, -0.1) is 0 Å². The molecule has 0 unspecified atom stereocenters. The summed E-state index contributed by atoms with van der Waals surface area (Å²) >= 11 is 0. The largest absolute Gasteiger partial charge is 0.422 e. The van der Waals surface area contributed by atoms with Crippen LogP contribution in [0.1, 0.15) is 45.2 Å². The second-order valence-electron chi connectivity index (χ2n) is 8.21. The summed E-state index contributed by atoms with van der Waals surface area (Å²) in [6, 6.07) is 13.2. The Labute approximate surface area is 196 Å². The summed E-state index contributed by atoms with van der Waals surface area (Å²) < 4.78 is 20.1. The average Bonchev–Trinajstić information content (AvgIpc) is 3.47. The number of esters is 1. The minimum atomic E-state index is -0.585. The number of likely N-dealkylation sites (tertiary alicyclic amines) is 1. The second-order valence-corrected chi connectivity index (χ2v) is 8.21. The first-order valence-corrected chi connectivity index (χ1v) is 11.2. The number of anilines is 1. The molecule has 7 nitrogen and oxygen atoms in total. The predicted octanol–water partition coefficient (Wildman–Crippen LogP) is 4.03. The Morgan fingerprint density at radius 1 is 1.18 bits per heavy atom. The van der Waals surface area contributed by atoms with Crippen LogP contribution in [0.5, 0.6) is 0 Å². The molecule has 2 aromatic carbocycles. The van der Waals surface area contributed by atoms with Gasteiger partial charge in [0.15, 0.2) is 0 Å². The lowest BCUT2D eigenvalue weighted by molar-refractivity contribution is 0.0716. The van der Waals surface area contributed by atoms with Gasteiger partial charge in [0.2, 0.25) is 5.95 Å². The smallest absolute Gasteiger partial charge is 0.344 e. The maximum Gasteiger partial charge on any atom is 0.344 e. The summed E-state index contributed by atoms with van der Waals surface area (Å²) in [5, 5.41) is 0. The summed E-state index contributed by atoms with van der Waals surface area (Å²) in [5.41, 5.74) is 1.73. The third-order valence-electron chi connectivity index (χ3n) is 6.17. The predicted molar refractivity (Wildman–Crippen MR) is 125 cm³/mol. The maximum absolute atomic E-state index is 14.7. The van der Waals surface area contributed by atoms with Gasteiger partial charge >= 0.3 is 5.97 Å². The molecule has 3 heterocycles. The monoisotopic (exact) mass is 458 g/mol. The molecule has 5 rings (SSSR count). The zero-order chi connectivity index (χ0) is 23.7. The highest BCUT2D eigenvalue weighted by atomic mass is 19.1. The molecule has 34 heavy (non-hydrogen) atoms. The van der Waals surface area contributed by atoms with E-state index in [9.17, 15) is 14.0 Å². The Balaban J connectivity index is 1.36. The zero-order valence-corrected chi connectivity index (χ0v) is 18.6. The van der Waals surface area contributed by atoms with Crippen LogP contribution < -0.4 is 4.90 Å². The SMILES string of the molecule is CCN(c1ncccn1)[C@H]1CCN(C(=O)c2cc(C=C3OC(=O)c4ccccc43)ccc2F)C1. The van der Waals surface area contributed by atoms with Crippen LogP contribution in [0.25, 0.3) is 11.8 Å². The van der Waals surface area contributed by atoms with Crippen molar-refractivity contribution in [2.45, 2.75) is 19.4 Å². The molecule has 8 heteroatoms. The van der Waals surface area contributed by atoms with Gasteiger partial charge in [0.25, 0.3) is 5.91 Å². The Kier molecular flexibility index (Phi) is 5.79. The van der Waals surface area contributed by atoms with E-state index in [-0.39, 0.29) is 17.5 Å². The number of nitrogens with zero attached hydrogens (tertiary/aromatic N) is 4. The van der Waals surface area contributed by atoms with Crippen LogP contribution in [0, 0.1) is 5.82 Å². The molecule has 0 radical (unpaired) electrons. The topological polar surface area (TPSA) is 75.6 Å². The summed E-state index contributed by atoms with van der Waals surface area (Å²) in [6.07, 6.45) is 5.78. The van der Waals surface area contributed by atoms with Crippen LogP contribution in [0.15, 0.2) is 60.9 Å². The Morgan fingerprint density at radius 2 is 1.94 bits per heavy atom. The average molecular weight is 458 g/mol. The van der Waals surface area contributed by atoms with E-state index in [1.807, 2.05) is 13.0 Å². The second kappa shape index (κ2) is 9.05. The molecule has 2 aliphatic heterocycles. The fourth-order valence-electron chi connectivity index (χ4n) is 4.49. The van der Waals surface area contributed by atoms with Crippen LogP contribution >= 0.6 is 0 Å². The van der Waals surface area contributed by atoms with E-state index in [0.717, 1.165) is 6.42 Å². The van der Waals surface area contributed by atoms with E-state index >= 15 is 0 Å². The summed E-state index contributed by atoms with van der Waals surface area (Å²) in [7, 11) is 0. The van der Waals surface area contributed by atoms with E-state index in [2.05, 4.69) is 14.9 Å². The number of rotatable bonds is 5. The van der Waals surface area contributed by atoms with Gasteiger partial charge in [-0.25, -0.2) is 19.2 Å². The molecule has 1 saturated heterocycles. The summed E-state index contributed by atoms with van der Waals surface area (Å²) in [4.78, 5) is 37.7. The number of aromatic nitrogens is 2. The van der Waals surface area contributed by atoms with Gasteiger partial charge in [0.1, 0.15) is 11.6 Å². The Bertz CT molecular complexity index is 1280. The maximum atomic E-state index is 14.7. The van der Waals surface area contributed by atoms with Crippen molar-refractivity contribution < 1.29 is 18.7 Å². The van der Waals surface area contributed by atoms with Crippen LogP contribution in [-0.4, -0.2) is 52.4 Å². The molecular weight excluding hydrogens is 435 g/mol. The lowest BCUT2D eigenvalue weighted by Crippen LogP contribution is -2.40. The fourth-order valence-corrected chi connectivity index (χ4v) is 4.49. The number of likely N-dealkylation sites (N-methyl/N-ethyl adjacent to an activating group) is 1. The number of amides is 1. The molecule has 1 atom stereocenters. The van der Waals surface area contributed by atoms with Gasteiger partial charge in [-0.2, -0.15) is 0 Å². The molecule has 0 bridgehead atoms. The Morgan fingerprint density at radius 3 is 2.71 bits per heavy atom. The van der Waals surface area contributed by atoms with Crippen molar-refractivity contribution in [1.82, 2.24) is 14.9 Å². The minimum Gasteiger partial charge on any atom is -0.422 e. The molecule has 3 aromatic rings. The van der Waals surface area contributed by atoms with Crippen molar-refractivity contribution in [3.8, 4) is 0 Å². The van der Waals surface area contributed by atoms with Crippen molar-refractivity contribution in [3.63, 3.8) is 0 Å². The van der Waals surface area contributed by atoms with Crippen LogP contribution in [0.3, 0.4) is 0 Å². The number of hydrogen-bond acceptors (Lipinski definition) is 6. The molecule has 1 aromatic heterocycles. The summed E-state index contributed by atoms with van der Waals surface area (Å²) in [5.74, 6) is -0.373. The van der Waals surface area contributed by atoms with Crippen molar-refractivity contribution in [2.75, 3.05) is 24.5 Å². The number of hydrogen-bond donors (Lipinski definition) is 0. The molecule has 0 N–H and O–H groups in total. The molecule has 0 spiro atoms. The standard InChI is InChI=1S/C26H23FN4O3/c1-2-31(26-28-11-5-12-29-26)18-10-13-30(16-18)24(32)21-14-17(8-9-22(21)27)15-23-19-6-3-4-7-20(19)25(33)34-23/h3-9,11-12,14-15,18H,2,10,13,16H2,1H3/t18-/m0/s1. The summed E-state index contributed by atoms with van der Waals surface area (Å²) in [6.45, 7) is 3.70. The van der Waals surface area contributed by atoms with Crippen molar-refractivity contribution >= 4 is 29.7 Å². The van der Waals surface area contributed by atoms with Gasteiger partial charge < -0.3 is 14.5 Å². The fraction of sp³-hybridized carbons (Fsp3) is 0.231. The number of carbonyl (C=O) groups is 2. The van der Waals surface area contributed by atoms with Crippen molar-refractivity contribution in [2.24, 2.45) is 0 Å². The highest BCUT2D eigenvalue weighted by Gasteiger charge is 2.32. The quantitative estimate of drug-likeness (QED) is 0.538. The normalized spacial score (nSPS) is 18.2. The molecule has 1 fully saturated rings. The number of ether oxygens (including phenoxy) is 1. The molecule has 0 aliphatic carbocycles. The highest BCUT2D eigenvalue weighted by molar-refractivity contribution is 6.05. The van der Waals surface area contributed by atoms with E-state index < -0.39 is 11.8 Å². The third kappa shape index (κ3) is 4.03. The Hall–Kier alpha value is -4.07. The van der Waals surface area contributed by atoms with Crippen LogP contribution in [-0.2, 0) is 4.74 Å². The lowest BCUT2D eigenvalue weighted by atomic mass is 10.0. The van der Waals surface area contributed by atoms with Crippen LogP contribution in [0.2, 0.25) is 0 Å². The van der Waals surface area contributed by atoms with Gasteiger partial charge in [0, 0.05) is 37.6 Å². The first-order valence-electron chi connectivity index (χ1n) is 11.2.